The average Bonchev–Trinajstić information content (AvgIpc) is 2.66. The van der Waals surface area contributed by atoms with Crippen molar-refractivity contribution in [3.63, 3.8) is 0 Å². The molecule has 2 fully saturated rings. The average molecular weight is 267 g/mol. The first-order chi connectivity index (χ1) is 9.23. The van der Waals surface area contributed by atoms with E-state index in [9.17, 15) is 5.11 Å². The van der Waals surface area contributed by atoms with Crippen molar-refractivity contribution < 1.29 is 5.11 Å². The van der Waals surface area contributed by atoms with Gasteiger partial charge in [0.1, 0.15) is 0 Å². The van der Waals surface area contributed by atoms with Gasteiger partial charge in [0.25, 0.3) is 0 Å². The molecule has 0 radical (unpaired) electrons. The van der Waals surface area contributed by atoms with Gasteiger partial charge in [0.15, 0.2) is 0 Å². The summed E-state index contributed by atoms with van der Waals surface area (Å²) >= 11 is 0. The number of nitrogens with one attached hydrogen (secondary N) is 1. The Labute approximate surface area is 119 Å². The molecule has 0 spiro atoms. The molecule has 0 bridgehead atoms. The third kappa shape index (κ3) is 4.75. The second-order valence-corrected chi connectivity index (χ2v) is 6.93. The van der Waals surface area contributed by atoms with Gasteiger partial charge in [0.05, 0.1) is 5.60 Å². The summed E-state index contributed by atoms with van der Waals surface area (Å²) in [6.45, 7) is 3.12. The van der Waals surface area contributed by atoms with Gasteiger partial charge < -0.3 is 10.4 Å². The van der Waals surface area contributed by atoms with Crippen LogP contribution in [0, 0.1) is 5.92 Å². The third-order valence-electron chi connectivity index (χ3n) is 5.39. The summed E-state index contributed by atoms with van der Waals surface area (Å²) in [5.74, 6) is 0.855. The van der Waals surface area contributed by atoms with Crippen LogP contribution in [-0.2, 0) is 0 Å². The molecule has 0 saturated heterocycles. The van der Waals surface area contributed by atoms with Crippen molar-refractivity contribution in [2.24, 2.45) is 5.92 Å². The third-order valence-corrected chi connectivity index (χ3v) is 5.39. The molecule has 112 valence electrons. The van der Waals surface area contributed by atoms with Gasteiger partial charge >= 0.3 is 0 Å². The Hall–Kier alpha value is -0.0800. The maximum atomic E-state index is 10.7. The predicted molar refractivity (Wildman–Crippen MR) is 81.3 cm³/mol. The maximum absolute atomic E-state index is 10.7. The van der Waals surface area contributed by atoms with Crippen LogP contribution in [0.15, 0.2) is 0 Å². The van der Waals surface area contributed by atoms with Gasteiger partial charge in [-0.3, -0.25) is 0 Å². The van der Waals surface area contributed by atoms with E-state index in [4.69, 9.17) is 0 Å². The summed E-state index contributed by atoms with van der Waals surface area (Å²) in [6.07, 6.45) is 15.3. The molecule has 2 aliphatic rings. The standard InChI is InChI=1S/C17H33NO/c1-2-16(15-10-6-5-7-11-15)18-14-17(19)12-8-3-4-9-13-17/h15-16,18-19H,2-14H2,1H3. The molecule has 0 amide bonds. The first-order valence-electron chi connectivity index (χ1n) is 8.69. The van der Waals surface area contributed by atoms with Crippen LogP contribution in [0.2, 0.25) is 0 Å². The number of hydrogen-bond donors (Lipinski definition) is 2. The Bertz CT molecular complexity index is 240. The zero-order valence-corrected chi connectivity index (χ0v) is 12.8. The Morgan fingerprint density at radius 1 is 1.00 bits per heavy atom. The molecule has 2 aliphatic carbocycles. The first kappa shape index (κ1) is 15.3. The van der Waals surface area contributed by atoms with Crippen molar-refractivity contribution >= 4 is 0 Å². The zero-order valence-electron chi connectivity index (χ0n) is 12.8. The fraction of sp³-hybridized carbons (Fsp3) is 1.00. The summed E-state index contributed by atoms with van der Waals surface area (Å²) in [5, 5.41) is 14.5. The van der Waals surface area contributed by atoms with Gasteiger partial charge in [0.2, 0.25) is 0 Å². The molecule has 2 heteroatoms. The highest BCUT2D eigenvalue weighted by Crippen LogP contribution is 2.30. The van der Waals surface area contributed by atoms with Crippen LogP contribution in [0.25, 0.3) is 0 Å². The second-order valence-electron chi connectivity index (χ2n) is 6.93. The van der Waals surface area contributed by atoms with Gasteiger partial charge in [-0.1, -0.05) is 51.9 Å². The Balaban J connectivity index is 1.80. The zero-order chi connectivity index (χ0) is 13.6. The lowest BCUT2D eigenvalue weighted by Gasteiger charge is -2.34. The van der Waals surface area contributed by atoms with E-state index < -0.39 is 5.60 Å². The molecule has 0 aliphatic heterocycles. The van der Waals surface area contributed by atoms with Crippen molar-refractivity contribution in [3.8, 4) is 0 Å². The van der Waals surface area contributed by atoms with Crippen LogP contribution in [-0.4, -0.2) is 23.3 Å². The molecule has 2 N–H and O–H groups in total. The summed E-state index contributed by atoms with van der Waals surface area (Å²) in [4.78, 5) is 0. The fourth-order valence-corrected chi connectivity index (χ4v) is 4.07. The quantitative estimate of drug-likeness (QED) is 0.737. The predicted octanol–water partition coefficient (Wildman–Crippen LogP) is 4.02. The first-order valence-corrected chi connectivity index (χ1v) is 8.69. The van der Waals surface area contributed by atoms with E-state index in [1.165, 1.54) is 64.2 Å². The molecule has 0 aromatic rings. The molecule has 0 aromatic carbocycles. The minimum Gasteiger partial charge on any atom is -0.389 e. The van der Waals surface area contributed by atoms with Crippen molar-refractivity contribution in [3.05, 3.63) is 0 Å². The highest BCUT2D eigenvalue weighted by atomic mass is 16.3. The largest absolute Gasteiger partial charge is 0.389 e. The molecule has 0 aromatic heterocycles. The molecular formula is C17H33NO. The molecule has 1 unspecified atom stereocenters. The van der Waals surface area contributed by atoms with Crippen LogP contribution < -0.4 is 5.32 Å². The topological polar surface area (TPSA) is 32.3 Å². The van der Waals surface area contributed by atoms with E-state index in [1.807, 2.05) is 0 Å². The molecule has 19 heavy (non-hydrogen) atoms. The SMILES string of the molecule is CCC(NCC1(O)CCCCCC1)C1CCCCC1. The molecular weight excluding hydrogens is 234 g/mol. The van der Waals surface area contributed by atoms with E-state index in [0.29, 0.717) is 6.04 Å². The maximum Gasteiger partial charge on any atom is 0.0771 e. The van der Waals surface area contributed by atoms with Gasteiger partial charge in [0, 0.05) is 12.6 Å². The van der Waals surface area contributed by atoms with Crippen LogP contribution in [0.4, 0.5) is 0 Å². The monoisotopic (exact) mass is 267 g/mol. The lowest BCUT2D eigenvalue weighted by Crippen LogP contribution is -2.46. The Kier molecular flexibility index (Phi) is 6.15. The summed E-state index contributed by atoms with van der Waals surface area (Å²) in [6, 6.07) is 0.632. The highest BCUT2D eigenvalue weighted by Gasteiger charge is 2.30. The summed E-state index contributed by atoms with van der Waals surface area (Å²) in [7, 11) is 0. The number of hydrogen-bond acceptors (Lipinski definition) is 2. The van der Waals surface area contributed by atoms with Crippen LogP contribution >= 0.6 is 0 Å². The van der Waals surface area contributed by atoms with Gasteiger partial charge in [-0.05, 0) is 38.0 Å². The number of rotatable bonds is 5. The smallest absolute Gasteiger partial charge is 0.0771 e. The molecule has 2 saturated carbocycles. The second kappa shape index (κ2) is 7.64. The fourth-order valence-electron chi connectivity index (χ4n) is 4.07. The molecule has 0 heterocycles. The number of aliphatic hydroxyl groups is 1. The van der Waals surface area contributed by atoms with Crippen LogP contribution in [0.1, 0.15) is 84.0 Å². The van der Waals surface area contributed by atoms with E-state index >= 15 is 0 Å². The van der Waals surface area contributed by atoms with E-state index in [1.54, 1.807) is 0 Å². The summed E-state index contributed by atoms with van der Waals surface area (Å²) < 4.78 is 0. The minimum atomic E-state index is -0.418. The summed E-state index contributed by atoms with van der Waals surface area (Å²) in [5.41, 5.74) is -0.418. The molecule has 1 atom stereocenters. The lowest BCUT2D eigenvalue weighted by atomic mass is 9.82. The van der Waals surface area contributed by atoms with Crippen molar-refractivity contribution in [1.82, 2.24) is 5.32 Å². The molecule has 2 nitrogen and oxygen atoms in total. The van der Waals surface area contributed by atoms with Crippen LogP contribution in [0.3, 0.4) is 0 Å². The Morgan fingerprint density at radius 2 is 1.58 bits per heavy atom. The van der Waals surface area contributed by atoms with Crippen molar-refractivity contribution in [1.29, 1.82) is 0 Å². The highest BCUT2D eigenvalue weighted by molar-refractivity contribution is 4.86. The van der Waals surface area contributed by atoms with Gasteiger partial charge in [-0.25, -0.2) is 0 Å². The lowest BCUT2D eigenvalue weighted by molar-refractivity contribution is 0.0197. The van der Waals surface area contributed by atoms with Crippen LogP contribution in [0.5, 0.6) is 0 Å². The van der Waals surface area contributed by atoms with Crippen molar-refractivity contribution in [2.75, 3.05) is 6.54 Å². The van der Waals surface area contributed by atoms with E-state index in [2.05, 4.69) is 12.2 Å². The Morgan fingerprint density at radius 3 is 2.16 bits per heavy atom. The minimum absolute atomic E-state index is 0.418. The van der Waals surface area contributed by atoms with Gasteiger partial charge in [-0.15, -0.1) is 0 Å². The van der Waals surface area contributed by atoms with Crippen molar-refractivity contribution in [2.45, 2.75) is 95.6 Å². The van der Waals surface area contributed by atoms with E-state index in [-0.39, 0.29) is 0 Å². The van der Waals surface area contributed by atoms with E-state index in [0.717, 1.165) is 25.3 Å². The normalized spacial score (nSPS) is 26.8. The molecule has 2 rings (SSSR count). The van der Waals surface area contributed by atoms with Gasteiger partial charge in [-0.2, -0.15) is 0 Å².